The van der Waals surface area contributed by atoms with E-state index in [1.54, 1.807) is 0 Å². The van der Waals surface area contributed by atoms with Gasteiger partial charge in [-0.3, -0.25) is 0 Å². The van der Waals surface area contributed by atoms with Gasteiger partial charge in [0.1, 0.15) is 0 Å². The van der Waals surface area contributed by atoms with Crippen LogP contribution in [0.3, 0.4) is 0 Å². The summed E-state index contributed by atoms with van der Waals surface area (Å²) in [6.07, 6.45) is 9.28. The minimum atomic E-state index is 0.755. The van der Waals surface area contributed by atoms with Crippen molar-refractivity contribution in [2.75, 3.05) is 18.6 Å². The molecule has 0 aromatic carbocycles. The molecule has 0 heterocycles. The molecule has 0 aliphatic heterocycles. The average Bonchev–Trinajstić information content (AvgIpc) is 2.30. The van der Waals surface area contributed by atoms with Crippen molar-refractivity contribution < 1.29 is 0 Å². The van der Waals surface area contributed by atoms with Gasteiger partial charge in [0.15, 0.2) is 0 Å². The van der Waals surface area contributed by atoms with Gasteiger partial charge in [0.25, 0.3) is 0 Å². The molecule has 0 saturated heterocycles. The summed E-state index contributed by atoms with van der Waals surface area (Å²) in [4.78, 5) is 0. The molecule has 0 radical (unpaired) electrons. The van der Waals surface area contributed by atoms with E-state index < -0.39 is 0 Å². The molecule has 102 valence electrons. The van der Waals surface area contributed by atoms with Crippen LogP contribution in [0.5, 0.6) is 0 Å². The van der Waals surface area contributed by atoms with Crippen LogP contribution in [0.1, 0.15) is 52.9 Å². The first-order chi connectivity index (χ1) is 8.19. The second-order valence-electron chi connectivity index (χ2n) is 5.94. The highest BCUT2D eigenvalue weighted by Gasteiger charge is 2.29. The largest absolute Gasteiger partial charge is 0.313 e. The summed E-state index contributed by atoms with van der Waals surface area (Å²) in [6, 6.07) is 0.755. The van der Waals surface area contributed by atoms with Gasteiger partial charge in [-0.25, -0.2) is 0 Å². The van der Waals surface area contributed by atoms with Crippen molar-refractivity contribution in [3.8, 4) is 0 Å². The second kappa shape index (κ2) is 8.42. The molecule has 4 unspecified atom stereocenters. The van der Waals surface area contributed by atoms with Gasteiger partial charge in [0.05, 0.1) is 0 Å². The van der Waals surface area contributed by atoms with Crippen LogP contribution in [0.2, 0.25) is 0 Å². The van der Waals surface area contributed by atoms with Crippen molar-refractivity contribution in [1.82, 2.24) is 5.32 Å². The van der Waals surface area contributed by atoms with Crippen LogP contribution in [0, 0.1) is 17.8 Å². The monoisotopic (exact) mass is 257 g/mol. The van der Waals surface area contributed by atoms with Crippen molar-refractivity contribution in [3.63, 3.8) is 0 Å². The maximum atomic E-state index is 3.83. The molecule has 0 spiro atoms. The minimum Gasteiger partial charge on any atom is -0.313 e. The Bertz CT molecular complexity index is 195. The smallest absolute Gasteiger partial charge is 0.0129 e. The lowest BCUT2D eigenvalue weighted by Gasteiger charge is -2.37. The summed E-state index contributed by atoms with van der Waals surface area (Å²) in [7, 11) is 0. The van der Waals surface area contributed by atoms with Crippen molar-refractivity contribution >= 4 is 11.8 Å². The first-order valence-electron chi connectivity index (χ1n) is 7.41. The van der Waals surface area contributed by atoms with Crippen LogP contribution in [0.4, 0.5) is 0 Å². The molecule has 2 heteroatoms. The fourth-order valence-corrected chi connectivity index (χ4v) is 4.05. The maximum absolute atomic E-state index is 3.83. The average molecular weight is 257 g/mol. The predicted octanol–water partition coefficient (Wildman–Crippen LogP) is 4.18. The van der Waals surface area contributed by atoms with Crippen molar-refractivity contribution in [2.45, 2.75) is 58.9 Å². The van der Waals surface area contributed by atoms with Gasteiger partial charge in [0, 0.05) is 6.04 Å². The number of nitrogens with one attached hydrogen (secondary N) is 1. The molecule has 1 N–H and O–H groups in total. The molecule has 0 aromatic rings. The van der Waals surface area contributed by atoms with Gasteiger partial charge in [-0.1, -0.05) is 33.6 Å². The van der Waals surface area contributed by atoms with Gasteiger partial charge >= 0.3 is 0 Å². The van der Waals surface area contributed by atoms with E-state index >= 15 is 0 Å². The first kappa shape index (κ1) is 15.4. The Morgan fingerprint density at radius 3 is 2.71 bits per heavy atom. The van der Waals surface area contributed by atoms with Crippen molar-refractivity contribution in [3.05, 3.63) is 0 Å². The third kappa shape index (κ3) is 5.21. The van der Waals surface area contributed by atoms with E-state index in [1.807, 2.05) is 11.8 Å². The van der Waals surface area contributed by atoms with Crippen molar-refractivity contribution in [2.24, 2.45) is 17.8 Å². The molecule has 0 aromatic heterocycles. The minimum absolute atomic E-state index is 0.755. The zero-order chi connectivity index (χ0) is 12.7. The highest BCUT2D eigenvalue weighted by Crippen LogP contribution is 2.33. The van der Waals surface area contributed by atoms with Gasteiger partial charge in [0.2, 0.25) is 0 Å². The number of rotatable bonds is 7. The number of thioether (sulfide) groups is 1. The lowest BCUT2D eigenvalue weighted by molar-refractivity contribution is 0.191. The Labute approximate surface area is 113 Å². The molecule has 0 amide bonds. The molecular formula is C15H31NS. The molecule has 1 saturated carbocycles. The van der Waals surface area contributed by atoms with Gasteiger partial charge in [-0.15, -0.1) is 0 Å². The van der Waals surface area contributed by atoms with Crippen LogP contribution >= 0.6 is 11.8 Å². The van der Waals surface area contributed by atoms with E-state index in [0.717, 1.165) is 23.8 Å². The van der Waals surface area contributed by atoms with Crippen LogP contribution in [0.25, 0.3) is 0 Å². The third-order valence-corrected chi connectivity index (χ3v) is 5.02. The van der Waals surface area contributed by atoms with Crippen LogP contribution in [-0.4, -0.2) is 24.6 Å². The van der Waals surface area contributed by atoms with Crippen LogP contribution in [0.15, 0.2) is 0 Å². The Morgan fingerprint density at radius 2 is 2.12 bits per heavy atom. The number of hydrogen-bond donors (Lipinski definition) is 1. The van der Waals surface area contributed by atoms with E-state index in [4.69, 9.17) is 0 Å². The SMILES string of the molecule is CCCNC(C(C)CSC)C1CCCC(C)C1. The lowest BCUT2D eigenvalue weighted by atomic mass is 9.75. The Kier molecular flexibility index (Phi) is 7.61. The lowest BCUT2D eigenvalue weighted by Crippen LogP contribution is -2.44. The summed E-state index contributed by atoms with van der Waals surface area (Å²) < 4.78 is 0. The summed E-state index contributed by atoms with van der Waals surface area (Å²) in [5, 5.41) is 3.83. The fraction of sp³-hybridized carbons (Fsp3) is 1.00. The zero-order valence-corrected chi connectivity index (χ0v) is 13.0. The van der Waals surface area contributed by atoms with E-state index in [0.29, 0.717) is 0 Å². The van der Waals surface area contributed by atoms with E-state index in [-0.39, 0.29) is 0 Å². The summed E-state index contributed by atoms with van der Waals surface area (Å²) in [6.45, 7) is 8.33. The van der Waals surface area contributed by atoms with E-state index in [9.17, 15) is 0 Å². The molecule has 4 atom stereocenters. The second-order valence-corrected chi connectivity index (χ2v) is 6.86. The summed E-state index contributed by atoms with van der Waals surface area (Å²) >= 11 is 2.00. The molecule has 17 heavy (non-hydrogen) atoms. The fourth-order valence-electron chi connectivity index (χ4n) is 3.32. The predicted molar refractivity (Wildman–Crippen MR) is 80.7 cm³/mol. The number of hydrogen-bond acceptors (Lipinski definition) is 2. The molecule has 1 nitrogen and oxygen atoms in total. The highest BCUT2D eigenvalue weighted by molar-refractivity contribution is 7.98. The van der Waals surface area contributed by atoms with Crippen LogP contribution < -0.4 is 5.32 Å². The zero-order valence-electron chi connectivity index (χ0n) is 12.2. The molecular weight excluding hydrogens is 226 g/mol. The molecule has 0 bridgehead atoms. The summed E-state index contributed by atoms with van der Waals surface area (Å²) in [5.74, 6) is 3.98. The quantitative estimate of drug-likeness (QED) is 0.734. The van der Waals surface area contributed by atoms with E-state index in [1.165, 1.54) is 44.4 Å². The highest BCUT2D eigenvalue weighted by atomic mass is 32.2. The Morgan fingerprint density at radius 1 is 1.35 bits per heavy atom. The van der Waals surface area contributed by atoms with Gasteiger partial charge < -0.3 is 5.32 Å². The Hall–Kier alpha value is 0.310. The topological polar surface area (TPSA) is 12.0 Å². The third-order valence-electron chi connectivity index (χ3n) is 4.16. The van der Waals surface area contributed by atoms with Gasteiger partial charge in [-0.2, -0.15) is 11.8 Å². The molecule has 1 aliphatic rings. The molecule has 1 rings (SSSR count). The molecule has 1 fully saturated rings. The summed E-state index contributed by atoms with van der Waals surface area (Å²) in [5.41, 5.74) is 0. The molecule has 1 aliphatic carbocycles. The van der Waals surface area contributed by atoms with E-state index in [2.05, 4.69) is 32.3 Å². The standard InChI is InChI=1S/C15H31NS/c1-5-9-16-15(13(3)11-17-4)14-8-6-7-12(2)10-14/h12-16H,5-11H2,1-4H3. The van der Waals surface area contributed by atoms with Crippen LogP contribution in [-0.2, 0) is 0 Å². The van der Waals surface area contributed by atoms with Gasteiger partial charge in [-0.05, 0) is 55.6 Å². The normalized spacial score (nSPS) is 28.9. The van der Waals surface area contributed by atoms with Crippen molar-refractivity contribution in [1.29, 1.82) is 0 Å². The maximum Gasteiger partial charge on any atom is 0.0129 e. The Balaban J connectivity index is 2.53. The first-order valence-corrected chi connectivity index (χ1v) is 8.80.